The molecule has 0 aliphatic rings. The Morgan fingerprint density at radius 1 is 0.577 bits per heavy atom. The molecule has 2 aromatic rings. The molecule has 26 heavy (non-hydrogen) atoms. The van der Waals surface area contributed by atoms with Crippen molar-refractivity contribution in [3.05, 3.63) is 70.8 Å². The molecule has 2 unspecified atom stereocenters. The van der Waals surface area contributed by atoms with E-state index in [-0.39, 0.29) is 0 Å². The molecule has 0 aliphatic heterocycles. The van der Waals surface area contributed by atoms with Crippen LogP contribution in [0.15, 0.2) is 48.5 Å². The highest BCUT2D eigenvalue weighted by atomic mass is 16.2. The van der Waals surface area contributed by atoms with Crippen molar-refractivity contribution in [2.45, 2.75) is 27.7 Å². The number of carbonyl (C=O) groups is 4. The summed E-state index contributed by atoms with van der Waals surface area (Å²) in [5.74, 6) is -4.61. The minimum absolute atomic E-state index is 0.318. The molecule has 0 heterocycles. The van der Waals surface area contributed by atoms with Gasteiger partial charge in [-0.25, -0.2) is 0 Å². The van der Waals surface area contributed by atoms with Gasteiger partial charge in [-0.1, -0.05) is 59.7 Å². The van der Waals surface area contributed by atoms with E-state index in [0.29, 0.717) is 11.1 Å². The van der Waals surface area contributed by atoms with Crippen LogP contribution in [0.4, 0.5) is 0 Å². The average Bonchev–Trinajstić information content (AvgIpc) is 2.59. The number of hydrogen-bond acceptors (Lipinski definition) is 4. The van der Waals surface area contributed by atoms with Gasteiger partial charge < -0.3 is 0 Å². The zero-order valence-electron chi connectivity index (χ0n) is 15.4. The molecule has 2 atom stereocenters. The third-order valence-electron chi connectivity index (χ3n) is 4.45. The highest BCUT2D eigenvalue weighted by molar-refractivity contribution is 6.20. The molecule has 0 spiro atoms. The fourth-order valence-corrected chi connectivity index (χ4v) is 2.94. The summed E-state index contributed by atoms with van der Waals surface area (Å²) in [4.78, 5) is 50.3. The largest absolute Gasteiger partial charge is 0.299 e. The molecule has 2 aromatic carbocycles. The Balaban J connectivity index is 2.46. The Morgan fingerprint density at radius 2 is 0.846 bits per heavy atom. The number of Topliss-reactive ketones (excluding diaryl/α,β-unsaturated/α-hetero) is 4. The first kappa shape index (κ1) is 19.4. The first-order chi connectivity index (χ1) is 12.2. The van der Waals surface area contributed by atoms with E-state index >= 15 is 0 Å². The lowest BCUT2D eigenvalue weighted by Gasteiger charge is -2.21. The Labute approximate surface area is 153 Å². The van der Waals surface area contributed by atoms with E-state index in [1.54, 1.807) is 48.5 Å². The molecule has 0 aromatic heterocycles. The van der Waals surface area contributed by atoms with Crippen LogP contribution < -0.4 is 0 Å². The van der Waals surface area contributed by atoms with Crippen molar-refractivity contribution in [3.63, 3.8) is 0 Å². The van der Waals surface area contributed by atoms with Gasteiger partial charge >= 0.3 is 0 Å². The predicted molar refractivity (Wildman–Crippen MR) is 99.4 cm³/mol. The van der Waals surface area contributed by atoms with Gasteiger partial charge in [-0.2, -0.15) is 0 Å². The van der Waals surface area contributed by atoms with Crippen LogP contribution in [0.2, 0.25) is 0 Å². The minimum atomic E-state index is -1.32. The lowest BCUT2D eigenvalue weighted by Crippen LogP contribution is -2.39. The smallest absolute Gasteiger partial charge is 0.174 e. The molecule has 4 heteroatoms. The maximum Gasteiger partial charge on any atom is 0.174 e. The van der Waals surface area contributed by atoms with E-state index in [9.17, 15) is 19.2 Å². The third-order valence-corrected chi connectivity index (χ3v) is 4.45. The number of benzene rings is 2. The molecule has 0 aliphatic carbocycles. The van der Waals surface area contributed by atoms with E-state index in [2.05, 4.69) is 0 Å². The van der Waals surface area contributed by atoms with Gasteiger partial charge in [-0.05, 0) is 27.7 Å². The Hall–Kier alpha value is -2.88. The summed E-state index contributed by atoms with van der Waals surface area (Å²) in [5.41, 5.74) is 2.58. The topological polar surface area (TPSA) is 68.3 Å². The number of carbonyl (C=O) groups excluding carboxylic acids is 4. The quantitative estimate of drug-likeness (QED) is 0.563. The van der Waals surface area contributed by atoms with Crippen molar-refractivity contribution in [3.8, 4) is 0 Å². The maximum atomic E-state index is 12.9. The van der Waals surface area contributed by atoms with Crippen LogP contribution >= 0.6 is 0 Å². The van der Waals surface area contributed by atoms with Crippen LogP contribution in [-0.4, -0.2) is 23.1 Å². The summed E-state index contributed by atoms with van der Waals surface area (Å²) in [6.07, 6.45) is 0. The second kappa shape index (κ2) is 8.00. The SMILES string of the molecule is CC(=O)C(C(=O)c1ccc(C)cc1)C(C(C)=O)C(=O)c1ccc(C)cc1. The Kier molecular flexibility index (Phi) is 5.98. The normalized spacial score (nSPS) is 12.9. The number of aryl methyl sites for hydroxylation is 2. The molecule has 0 N–H and O–H groups in total. The van der Waals surface area contributed by atoms with Crippen LogP contribution in [0.25, 0.3) is 0 Å². The van der Waals surface area contributed by atoms with Gasteiger partial charge in [0.1, 0.15) is 11.6 Å². The molecule has 0 radical (unpaired) electrons. The van der Waals surface area contributed by atoms with Crippen molar-refractivity contribution >= 4 is 23.1 Å². The second-order valence-corrected chi connectivity index (χ2v) is 6.64. The molecule has 0 saturated carbocycles. The summed E-state index contributed by atoms with van der Waals surface area (Å²) >= 11 is 0. The molecule has 0 fully saturated rings. The first-order valence-electron chi connectivity index (χ1n) is 8.45. The summed E-state index contributed by atoms with van der Waals surface area (Å²) in [6, 6.07) is 13.5. The molecule has 4 nitrogen and oxygen atoms in total. The Morgan fingerprint density at radius 3 is 1.08 bits per heavy atom. The zero-order valence-corrected chi connectivity index (χ0v) is 15.4. The van der Waals surface area contributed by atoms with Gasteiger partial charge in [0.25, 0.3) is 0 Å². The second-order valence-electron chi connectivity index (χ2n) is 6.64. The average molecular weight is 350 g/mol. The molecule has 134 valence electrons. The van der Waals surface area contributed by atoms with E-state index in [0.717, 1.165) is 11.1 Å². The van der Waals surface area contributed by atoms with Crippen LogP contribution in [0.3, 0.4) is 0 Å². The first-order valence-corrected chi connectivity index (χ1v) is 8.45. The highest BCUT2D eigenvalue weighted by Crippen LogP contribution is 2.25. The van der Waals surface area contributed by atoms with Crippen molar-refractivity contribution in [1.29, 1.82) is 0 Å². The number of hydrogen-bond donors (Lipinski definition) is 0. The molecular formula is C22H22O4. The van der Waals surface area contributed by atoms with E-state index in [1.165, 1.54) is 13.8 Å². The standard InChI is InChI=1S/C22H22O4/c1-13-5-9-17(10-6-13)21(25)19(15(3)23)20(16(4)24)22(26)18-11-7-14(2)8-12-18/h5-12,19-20H,1-4H3. The van der Waals surface area contributed by atoms with Gasteiger partial charge in [0.05, 0.1) is 11.8 Å². The fraction of sp³-hybridized carbons (Fsp3) is 0.273. The van der Waals surface area contributed by atoms with Crippen LogP contribution in [0.5, 0.6) is 0 Å². The van der Waals surface area contributed by atoms with Gasteiger partial charge in [0.2, 0.25) is 0 Å². The van der Waals surface area contributed by atoms with Gasteiger partial charge in [-0.15, -0.1) is 0 Å². The molecule has 0 bridgehead atoms. The molecular weight excluding hydrogens is 328 g/mol. The van der Waals surface area contributed by atoms with E-state index in [4.69, 9.17) is 0 Å². The molecule has 2 rings (SSSR count). The fourth-order valence-electron chi connectivity index (χ4n) is 2.94. The predicted octanol–water partition coefficient (Wildman–Crippen LogP) is 3.78. The lowest BCUT2D eigenvalue weighted by molar-refractivity contribution is -0.127. The summed E-state index contributed by atoms with van der Waals surface area (Å²) in [5, 5.41) is 0. The van der Waals surface area contributed by atoms with E-state index < -0.39 is 35.0 Å². The van der Waals surface area contributed by atoms with Crippen LogP contribution in [0.1, 0.15) is 45.7 Å². The van der Waals surface area contributed by atoms with Gasteiger partial charge in [0, 0.05) is 11.1 Å². The van der Waals surface area contributed by atoms with Crippen LogP contribution in [0, 0.1) is 25.7 Å². The number of rotatable bonds is 7. The van der Waals surface area contributed by atoms with Crippen molar-refractivity contribution in [1.82, 2.24) is 0 Å². The van der Waals surface area contributed by atoms with Crippen LogP contribution in [-0.2, 0) is 9.59 Å². The van der Waals surface area contributed by atoms with Gasteiger partial charge in [0.15, 0.2) is 11.6 Å². The Bertz CT molecular complexity index is 771. The molecule has 0 amide bonds. The summed E-state index contributed by atoms with van der Waals surface area (Å²) in [6.45, 7) is 6.26. The highest BCUT2D eigenvalue weighted by Gasteiger charge is 2.40. The maximum absolute atomic E-state index is 12.9. The molecule has 0 saturated heterocycles. The van der Waals surface area contributed by atoms with Gasteiger partial charge in [-0.3, -0.25) is 19.2 Å². The number of ketones is 4. The summed E-state index contributed by atoms with van der Waals surface area (Å²) < 4.78 is 0. The monoisotopic (exact) mass is 350 g/mol. The van der Waals surface area contributed by atoms with Crippen molar-refractivity contribution in [2.24, 2.45) is 11.8 Å². The third kappa shape index (κ3) is 4.20. The zero-order chi connectivity index (χ0) is 19.4. The summed E-state index contributed by atoms with van der Waals surface area (Å²) in [7, 11) is 0. The minimum Gasteiger partial charge on any atom is -0.299 e. The van der Waals surface area contributed by atoms with Crippen molar-refractivity contribution in [2.75, 3.05) is 0 Å². The lowest BCUT2D eigenvalue weighted by atomic mass is 9.77. The van der Waals surface area contributed by atoms with E-state index in [1.807, 2.05) is 13.8 Å². The van der Waals surface area contributed by atoms with Crippen molar-refractivity contribution < 1.29 is 19.2 Å².